The zero-order valence-corrected chi connectivity index (χ0v) is 16.0. The molecule has 0 radical (unpaired) electrons. The molecule has 1 unspecified atom stereocenters. The summed E-state index contributed by atoms with van der Waals surface area (Å²) in [5.41, 5.74) is 4.90. The first-order valence-electron chi connectivity index (χ1n) is 9.33. The maximum Gasteiger partial charge on any atom is 0.422 e. The molecule has 2 aliphatic rings. The minimum absolute atomic E-state index is 0.306. The molecule has 1 fully saturated rings. The Morgan fingerprint density at radius 1 is 1.23 bits per heavy atom. The number of nitrogens with one attached hydrogen (secondary N) is 1. The molecule has 1 aromatic heterocycles. The fraction of sp³-hybridized carbons (Fsp3) is 0.400. The van der Waals surface area contributed by atoms with Gasteiger partial charge in [0.1, 0.15) is 11.4 Å². The summed E-state index contributed by atoms with van der Waals surface area (Å²) in [7, 11) is 1.50. The highest BCUT2D eigenvalue weighted by Gasteiger charge is 2.60. The topological polar surface area (TPSA) is 81.8 Å². The summed E-state index contributed by atoms with van der Waals surface area (Å²) in [4.78, 5) is 8.27. The Morgan fingerprint density at radius 2 is 2.00 bits per heavy atom. The van der Waals surface area contributed by atoms with Gasteiger partial charge in [0.15, 0.2) is 11.6 Å². The number of aromatic nitrogens is 1. The first-order valence-corrected chi connectivity index (χ1v) is 9.33. The lowest BCUT2D eigenvalue weighted by Crippen LogP contribution is -2.55. The Bertz CT molecular complexity index is 964. The molecule has 160 valence electrons. The predicted octanol–water partition coefficient (Wildman–Crippen LogP) is 4.05. The van der Waals surface area contributed by atoms with E-state index in [9.17, 15) is 13.2 Å². The number of alkyl halides is 4. The Morgan fingerprint density at radius 3 is 2.67 bits per heavy atom. The van der Waals surface area contributed by atoms with E-state index in [4.69, 9.17) is 15.2 Å². The summed E-state index contributed by atoms with van der Waals surface area (Å²) in [6.07, 6.45) is -6.88. The molecule has 2 heterocycles. The van der Waals surface area contributed by atoms with E-state index in [0.29, 0.717) is 35.7 Å². The zero-order valence-electron chi connectivity index (χ0n) is 16.0. The first-order chi connectivity index (χ1) is 14.3. The van der Waals surface area contributed by atoms with Gasteiger partial charge < -0.3 is 20.5 Å². The molecule has 1 aromatic carbocycles. The normalized spacial score (nSPS) is 26.8. The molecule has 0 spiro atoms. The van der Waals surface area contributed by atoms with Gasteiger partial charge in [-0.25, -0.2) is 9.37 Å². The molecule has 0 bridgehead atoms. The van der Waals surface area contributed by atoms with E-state index in [2.05, 4.69) is 15.3 Å². The van der Waals surface area contributed by atoms with Gasteiger partial charge in [0, 0.05) is 11.9 Å². The number of anilines is 2. The van der Waals surface area contributed by atoms with E-state index < -0.39 is 30.0 Å². The molecule has 0 saturated heterocycles. The third kappa shape index (κ3) is 3.55. The molecule has 1 aliphatic carbocycles. The highest BCUT2D eigenvalue weighted by molar-refractivity contribution is 5.87. The number of amidine groups is 1. The number of nitrogens with two attached hydrogens (primary N) is 1. The summed E-state index contributed by atoms with van der Waals surface area (Å²) >= 11 is 0. The van der Waals surface area contributed by atoms with Crippen LogP contribution in [-0.4, -0.2) is 36.6 Å². The van der Waals surface area contributed by atoms with Gasteiger partial charge >= 0.3 is 6.18 Å². The molecule has 3 atom stereocenters. The SMILES string of the molecule is COc1cccnc1Nc1cccc([C@@]2(C3CC3)N=C(N)C(C(F)(F)F)O[C@H]2F)c1. The zero-order chi connectivity index (χ0) is 21.5. The number of rotatable bonds is 5. The average molecular weight is 424 g/mol. The van der Waals surface area contributed by atoms with Crippen molar-refractivity contribution in [2.45, 2.75) is 37.0 Å². The smallest absolute Gasteiger partial charge is 0.422 e. The van der Waals surface area contributed by atoms with E-state index in [0.717, 1.165) is 0 Å². The van der Waals surface area contributed by atoms with Gasteiger partial charge in [0.2, 0.25) is 12.5 Å². The van der Waals surface area contributed by atoms with Crippen LogP contribution in [0.3, 0.4) is 0 Å². The van der Waals surface area contributed by atoms with Crippen LogP contribution in [0.5, 0.6) is 5.75 Å². The van der Waals surface area contributed by atoms with Gasteiger partial charge in [-0.3, -0.25) is 4.99 Å². The van der Waals surface area contributed by atoms with Crippen LogP contribution >= 0.6 is 0 Å². The lowest BCUT2D eigenvalue weighted by atomic mass is 9.83. The monoisotopic (exact) mass is 424 g/mol. The lowest BCUT2D eigenvalue weighted by Gasteiger charge is -2.40. The number of pyridine rings is 1. The molecule has 0 amide bonds. The maximum absolute atomic E-state index is 15.2. The number of ether oxygens (including phenoxy) is 2. The van der Waals surface area contributed by atoms with Gasteiger partial charge in [-0.05, 0) is 48.6 Å². The molecule has 3 N–H and O–H groups in total. The van der Waals surface area contributed by atoms with Crippen molar-refractivity contribution in [2.75, 3.05) is 12.4 Å². The van der Waals surface area contributed by atoms with Crippen LogP contribution in [0.4, 0.5) is 29.1 Å². The third-order valence-corrected chi connectivity index (χ3v) is 5.26. The van der Waals surface area contributed by atoms with Crippen LogP contribution in [0.15, 0.2) is 47.6 Å². The highest BCUT2D eigenvalue weighted by Crippen LogP contribution is 2.54. The second-order valence-corrected chi connectivity index (χ2v) is 7.27. The molecular weight excluding hydrogens is 404 g/mol. The molecular formula is C20H20F4N4O2. The number of nitrogens with zero attached hydrogens (tertiary/aromatic N) is 2. The second kappa shape index (κ2) is 7.42. The predicted molar refractivity (Wildman–Crippen MR) is 102 cm³/mol. The van der Waals surface area contributed by atoms with Gasteiger partial charge in [0.25, 0.3) is 0 Å². The second-order valence-electron chi connectivity index (χ2n) is 7.27. The fourth-order valence-electron chi connectivity index (χ4n) is 3.72. The number of hydrogen-bond donors (Lipinski definition) is 2. The third-order valence-electron chi connectivity index (χ3n) is 5.26. The Labute approximate surface area is 170 Å². The standard InChI is InChI=1S/C20H20F4N4O2/c1-29-14-6-3-9-26-17(14)27-13-5-2-4-12(10-13)19(11-7-8-11)18(21)30-15(16(25)28-19)20(22,23)24/h2-6,9-11,15,18H,7-8H2,1H3,(H2,25,28)(H,26,27)/t15?,18-,19-/m1/s1. The van der Waals surface area contributed by atoms with Crippen molar-refractivity contribution in [3.05, 3.63) is 48.2 Å². The van der Waals surface area contributed by atoms with Gasteiger partial charge in [-0.1, -0.05) is 12.1 Å². The van der Waals surface area contributed by atoms with E-state index in [1.54, 1.807) is 42.6 Å². The fourth-order valence-corrected chi connectivity index (χ4v) is 3.72. The summed E-state index contributed by atoms with van der Waals surface area (Å²) in [5.74, 6) is -0.137. The minimum atomic E-state index is -4.84. The molecule has 30 heavy (non-hydrogen) atoms. The number of hydrogen-bond acceptors (Lipinski definition) is 6. The van der Waals surface area contributed by atoms with Crippen molar-refractivity contribution in [3.63, 3.8) is 0 Å². The number of benzene rings is 1. The maximum atomic E-state index is 15.2. The number of methoxy groups -OCH3 is 1. The summed E-state index contributed by atoms with van der Waals surface area (Å²) in [5, 5.41) is 3.08. The van der Waals surface area contributed by atoms with Crippen molar-refractivity contribution in [3.8, 4) is 5.75 Å². The van der Waals surface area contributed by atoms with E-state index in [1.165, 1.54) is 7.11 Å². The summed E-state index contributed by atoms with van der Waals surface area (Å²) in [6.45, 7) is 0. The van der Waals surface area contributed by atoms with Crippen LogP contribution in [0.1, 0.15) is 18.4 Å². The summed E-state index contributed by atoms with van der Waals surface area (Å²) < 4.78 is 64.6. The molecule has 10 heteroatoms. The van der Waals surface area contributed by atoms with Crippen molar-refractivity contribution < 1.29 is 27.0 Å². The van der Waals surface area contributed by atoms with Crippen LogP contribution < -0.4 is 15.8 Å². The minimum Gasteiger partial charge on any atom is -0.493 e. The summed E-state index contributed by atoms with van der Waals surface area (Å²) in [6, 6.07) is 10.0. The number of aliphatic imine (C=N–C) groups is 1. The van der Waals surface area contributed by atoms with E-state index in [-0.39, 0.29) is 5.92 Å². The van der Waals surface area contributed by atoms with Gasteiger partial charge in [-0.15, -0.1) is 0 Å². The van der Waals surface area contributed by atoms with Crippen LogP contribution in [0, 0.1) is 5.92 Å². The van der Waals surface area contributed by atoms with Crippen LogP contribution in [0.2, 0.25) is 0 Å². The average Bonchev–Trinajstić information content (AvgIpc) is 3.55. The van der Waals surface area contributed by atoms with Crippen LogP contribution in [0.25, 0.3) is 0 Å². The van der Waals surface area contributed by atoms with Crippen molar-refractivity contribution in [1.82, 2.24) is 4.98 Å². The highest BCUT2D eigenvalue weighted by atomic mass is 19.4. The molecule has 2 aromatic rings. The van der Waals surface area contributed by atoms with Crippen molar-refractivity contribution in [1.29, 1.82) is 0 Å². The molecule has 6 nitrogen and oxygen atoms in total. The molecule has 4 rings (SSSR count). The largest absolute Gasteiger partial charge is 0.493 e. The Kier molecular flexibility index (Phi) is 5.05. The lowest BCUT2D eigenvalue weighted by molar-refractivity contribution is -0.245. The van der Waals surface area contributed by atoms with Crippen molar-refractivity contribution in [2.24, 2.45) is 16.6 Å². The van der Waals surface area contributed by atoms with Crippen molar-refractivity contribution >= 4 is 17.3 Å². The van der Waals surface area contributed by atoms with E-state index >= 15 is 4.39 Å². The quantitative estimate of drug-likeness (QED) is 0.708. The van der Waals surface area contributed by atoms with Crippen LogP contribution in [-0.2, 0) is 10.3 Å². The first kappa shape index (κ1) is 20.4. The Balaban J connectivity index is 1.73. The van der Waals surface area contributed by atoms with Gasteiger partial charge in [-0.2, -0.15) is 13.2 Å². The van der Waals surface area contributed by atoms with E-state index in [1.807, 2.05) is 0 Å². The molecule has 1 saturated carbocycles. The molecule has 1 aliphatic heterocycles. The number of halogens is 4. The van der Waals surface area contributed by atoms with Gasteiger partial charge in [0.05, 0.1) is 7.11 Å². The Hall–Kier alpha value is -2.88.